The second-order valence-electron chi connectivity index (χ2n) is 8.07. The van der Waals surface area contributed by atoms with Gasteiger partial charge in [0.25, 0.3) is 11.6 Å². The van der Waals surface area contributed by atoms with E-state index in [4.69, 9.17) is 4.74 Å². The maximum atomic E-state index is 13.9. The van der Waals surface area contributed by atoms with Gasteiger partial charge in [0.15, 0.2) is 11.9 Å². The third kappa shape index (κ3) is 4.15. The van der Waals surface area contributed by atoms with E-state index in [-0.39, 0.29) is 11.5 Å². The highest BCUT2D eigenvalue weighted by Gasteiger charge is 2.44. The molecule has 4 aromatic carbocycles. The quantitative estimate of drug-likeness (QED) is 0.282. The topological polar surface area (TPSA) is 89.8 Å². The summed E-state index contributed by atoms with van der Waals surface area (Å²) >= 11 is 0. The lowest BCUT2D eigenvalue weighted by atomic mass is 9.89. The van der Waals surface area contributed by atoms with Crippen molar-refractivity contribution in [2.24, 2.45) is 0 Å². The smallest absolute Gasteiger partial charge is 0.269 e. The Morgan fingerprint density at radius 2 is 1.40 bits per heavy atom. The van der Waals surface area contributed by atoms with Crippen LogP contribution in [0.5, 0.6) is 5.75 Å². The van der Waals surface area contributed by atoms with Crippen LogP contribution in [0.4, 0.5) is 11.4 Å². The maximum absolute atomic E-state index is 13.9. The van der Waals surface area contributed by atoms with Crippen LogP contribution in [-0.4, -0.2) is 22.7 Å². The summed E-state index contributed by atoms with van der Waals surface area (Å²) in [5, 5.41) is 11.2. The summed E-state index contributed by atoms with van der Waals surface area (Å²) in [6.45, 7) is 0. The van der Waals surface area contributed by atoms with Gasteiger partial charge in [0, 0.05) is 23.4 Å². The summed E-state index contributed by atoms with van der Waals surface area (Å²) < 4.78 is 6.33. The highest BCUT2D eigenvalue weighted by atomic mass is 16.6. The Kier molecular flexibility index (Phi) is 5.81. The number of nitro benzene ring substituents is 1. The Labute approximate surface area is 201 Å². The molecule has 0 radical (unpaired) electrons. The summed E-state index contributed by atoms with van der Waals surface area (Å²) in [5.74, 6) is -0.247. The molecule has 1 aliphatic rings. The van der Waals surface area contributed by atoms with E-state index in [0.717, 1.165) is 5.56 Å². The van der Waals surface area contributed by atoms with E-state index >= 15 is 0 Å². The lowest BCUT2D eigenvalue weighted by Crippen LogP contribution is -2.52. The third-order valence-electron chi connectivity index (χ3n) is 5.95. The number of rotatable bonds is 5. The molecule has 0 saturated heterocycles. The molecule has 1 amide bonds. The van der Waals surface area contributed by atoms with Gasteiger partial charge in [-0.05, 0) is 42.0 Å². The van der Waals surface area contributed by atoms with Crippen LogP contribution in [0.15, 0.2) is 109 Å². The van der Waals surface area contributed by atoms with E-state index in [0.29, 0.717) is 22.6 Å². The molecule has 172 valence electrons. The molecule has 35 heavy (non-hydrogen) atoms. The van der Waals surface area contributed by atoms with Crippen molar-refractivity contribution in [2.75, 3.05) is 4.90 Å². The standard InChI is InChI=1S/C28H20N2O5/c31-26-23-13-7-8-14-24(23)35-27(19-9-3-1-4-10-19)25(26)29(28(32)20-11-5-2-6-12-20)21-15-17-22(18-16-21)30(33)34/h1-18,25,27H. The fourth-order valence-corrected chi connectivity index (χ4v) is 4.28. The van der Waals surface area contributed by atoms with Crippen LogP contribution in [0.2, 0.25) is 0 Å². The molecule has 0 aliphatic carbocycles. The van der Waals surface area contributed by atoms with Crippen LogP contribution in [0.3, 0.4) is 0 Å². The summed E-state index contributed by atoms with van der Waals surface area (Å²) in [5.41, 5.74) is 1.72. The second-order valence-corrected chi connectivity index (χ2v) is 8.07. The molecular weight excluding hydrogens is 444 g/mol. The number of Topliss-reactive ketones (excluding diaryl/α,β-unsaturated/α-hetero) is 1. The number of ether oxygens (including phenoxy) is 1. The van der Waals surface area contributed by atoms with Crippen LogP contribution >= 0.6 is 0 Å². The zero-order chi connectivity index (χ0) is 24.4. The summed E-state index contributed by atoms with van der Waals surface area (Å²) in [6.07, 6.45) is -0.790. The number of para-hydroxylation sites is 1. The molecule has 2 atom stereocenters. The van der Waals surface area contributed by atoms with E-state index in [2.05, 4.69) is 0 Å². The fraction of sp³-hybridized carbons (Fsp3) is 0.0714. The minimum absolute atomic E-state index is 0.114. The summed E-state index contributed by atoms with van der Waals surface area (Å²) in [7, 11) is 0. The van der Waals surface area contributed by atoms with Gasteiger partial charge in [-0.3, -0.25) is 24.6 Å². The summed E-state index contributed by atoms with van der Waals surface area (Å²) in [4.78, 5) is 39.9. The van der Waals surface area contributed by atoms with Crippen molar-refractivity contribution >= 4 is 23.1 Å². The molecule has 7 nitrogen and oxygen atoms in total. The SMILES string of the molecule is O=C1c2ccccc2OC(c2ccccc2)C1N(C(=O)c1ccccc1)c1ccc([N+](=O)[O-])cc1. The monoisotopic (exact) mass is 464 g/mol. The Morgan fingerprint density at radius 3 is 2.06 bits per heavy atom. The van der Waals surface area contributed by atoms with E-state index in [1.165, 1.54) is 29.2 Å². The number of benzene rings is 4. The Bertz CT molecular complexity index is 1390. The molecule has 0 bridgehead atoms. The Hall–Kier alpha value is -4.78. The van der Waals surface area contributed by atoms with Gasteiger partial charge in [0.1, 0.15) is 11.8 Å². The van der Waals surface area contributed by atoms with Crippen molar-refractivity contribution in [1.29, 1.82) is 0 Å². The molecule has 0 saturated carbocycles. The number of carbonyl (C=O) groups excluding carboxylic acids is 2. The van der Waals surface area contributed by atoms with Crippen LogP contribution in [0.25, 0.3) is 0 Å². The van der Waals surface area contributed by atoms with Gasteiger partial charge in [-0.25, -0.2) is 0 Å². The van der Waals surface area contributed by atoms with Crippen LogP contribution < -0.4 is 9.64 Å². The molecule has 0 spiro atoms. The fourth-order valence-electron chi connectivity index (χ4n) is 4.28. The molecule has 5 rings (SSSR count). The maximum Gasteiger partial charge on any atom is 0.269 e. The zero-order valence-electron chi connectivity index (χ0n) is 18.5. The van der Waals surface area contributed by atoms with Crippen molar-refractivity contribution in [3.05, 3.63) is 136 Å². The number of ketones is 1. The molecule has 0 aromatic heterocycles. The average molecular weight is 464 g/mol. The number of nitro groups is 1. The highest BCUT2D eigenvalue weighted by Crippen LogP contribution is 2.39. The lowest BCUT2D eigenvalue weighted by Gasteiger charge is -2.39. The lowest BCUT2D eigenvalue weighted by molar-refractivity contribution is -0.384. The predicted octanol–water partition coefficient (Wildman–Crippen LogP) is 5.63. The van der Waals surface area contributed by atoms with Crippen LogP contribution in [-0.2, 0) is 0 Å². The minimum atomic E-state index is -1.04. The number of non-ortho nitro benzene ring substituents is 1. The van der Waals surface area contributed by atoms with Crippen molar-refractivity contribution in [2.45, 2.75) is 12.1 Å². The molecule has 0 fully saturated rings. The van der Waals surface area contributed by atoms with Gasteiger partial charge in [-0.2, -0.15) is 0 Å². The van der Waals surface area contributed by atoms with Gasteiger partial charge >= 0.3 is 0 Å². The zero-order valence-corrected chi connectivity index (χ0v) is 18.5. The second kappa shape index (κ2) is 9.23. The van der Waals surface area contributed by atoms with Crippen LogP contribution in [0.1, 0.15) is 32.4 Å². The highest BCUT2D eigenvalue weighted by molar-refractivity contribution is 6.14. The predicted molar refractivity (Wildman–Crippen MR) is 131 cm³/mol. The molecular formula is C28H20N2O5. The van der Waals surface area contributed by atoms with Crippen molar-refractivity contribution in [3.63, 3.8) is 0 Å². The number of amides is 1. The van der Waals surface area contributed by atoms with E-state index in [1.807, 2.05) is 30.3 Å². The van der Waals surface area contributed by atoms with Gasteiger partial charge < -0.3 is 4.74 Å². The normalized spacial score (nSPS) is 16.6. The average Bonchev–Trinajstić information content (AvgIpc) is 2.91. The molecule has 7 heteroatoms. The first-order valence-corrected chi connectivity index (χ1v) is 11.0. The van der Waals surface area contributed by atoms with Gasteiger partial charge in [-0.1, -0.05) is 60.7 Å². The molecule has 1 heterocycles. The van der Waals surface area contributed by atoms with E-state index < -0.39 is 23.0 Å². The third-order valence-corrected chi connectivity index (χ3v) is 5.95. The number of anilines is 1. The van der Waals surface area contributed by atoms with Crippen molar-refractivity contribution < 1.29 is 19.2 Å². The van der Waals surface area contributed by atoms with Crippen molar-refractivity contribution in [1.82, 2.24) is 0 Å². The van der Waals surface area contributed by atoms with Crippen LogP contribution in [0, 0.1) is 10.1 Å². The first-order valence-electron chi connectivity index (χ1n) is 11.0. The van der Waals surface area contributed by atoms with Gasteiger partial charge in [-0.15, -0.1) is 0 Å². The van der Waals surface area contributed by atoms with E-state index in [1.54, 1.807) is 54.6 Å². The first kappa shape index (κ1) is 22.0. The molecule has 4 aromatic rings. The first-order chi connectivity index (χ1) is 17.0. The van der Waals surface area contributed by atoms with Gasteiger partial charge in [0.05, 0.1) is 10.5 Å². The number of hydrogen-bond donors (Lipinski definition) is 0. The number of carbonyl (C=O) groups is 2. The molecule has 0 N–H and O–H groups in total. The number of hydrogen-bond acceptors (Lipinski definition) is 5. The number of nitrogens with zero attached hydrogens (tertiary/aromatic N) is 2. The summed E-state index contributed by atoms with van der Waals surface area (Å²) in [6, 6.07) is 29.4. The van der Waals surface area contributed by atoms with Crippen molar-refractivity contribution in [3.8, 4) is 5.75 Å². The number of fused-ring (bicyclic) bond motifs is 1. The molecule has 2 unspecified atom stereocenters. The molecule has 1 aliphatic heterocycles. The van der Waals surface area contributed by atoms with E-state index in [9.17, 15) is 19.7 Å². The Balaban J connectivity index is 1.70. The van der Waals surface area contributed by atoms with Gasteiger partial charge in [0.2, 0.25) is 0 Å². The Morgan fingerprint density at radius 1 is 0.800 bits per heavy atom. The largest absolute Gasteiger partial charge is 0.482 e. The minimum Gasteiger partial charge on any atom is -0.482 e.